The average Bonchev–Trinajstić information content (AvgIpc) is 2.87. The van der Waals surface area contributed by atoms with Gasteiger partial charge in [0.05, 0.1) is 5.01 Å². The molecule has 2 aromatic rings. The smallest absolute Gasteiger partial charge is 0.371 e. The van der Waals surface area contributed by atoms with Crippen LogP contribution in [0.2, 0.25) is 0 Å². The van der Waals surface area contributed by atoms with Crippen molar-refractivity contribution in [1.29, 1.82) is 0 Å². The zero-order valence-electron chi connectivity index (χ0n) is 10.2. The topological polar surface area (TPSA) is 75.4 Å². The molecule has 0 bridgehead atoms. The summed E-state index contributed by atoms with van der Waals surface area (Å²) in [6.45, 7) is 5.03. The molecule has 0 saturated carbocycles. The quantitative estimate of drug-likeness (QED) is 0.868. The molecule has 0 unspecified atom stereocenters. The van der Waals surface area contributed by atoms with Crippen LogP contribution in [0, 0.1) is 13.8 Å². The second kappa shape index (κ2) is 5.32. The maximum absolute atomic E-state index is 10.7. The predicted molar refractivity (Wildman–Crippen MR) is 67.8 cm³/mol. The molecule has 2 rings (SSSR count). The van der Waals surface area contributed by atoms with Crippen LogP contribution >= 0.6 is 11.3 Å². The van der Waals surface area contributed by atoms with Crippen LogP contribution in [0.15, 0.2) is 16.7 Å². The van der Waals surface area contributed by atoms with Crippen LogP contribution in [0.25, 0.3) is 0 Å². The molecule has 5 nitrogen and oxygen atoms in total. The highest BCUT2D eigenvalue weighted by molar-refractivity contribution is 7.11. The maximum atomic E-state index is 10.7. The fourth-order valence-electron chi connectivity index (χ4n) is 1.61. The van der Waals surface area contributed by atoms with Gasteiger partial charge in [-0.25, -0.2) is 9.78 Å². The SMILES string of the molecule is Cc1ncc(CNCc2cc(C(=O)O)oc2C)s1. The average molecular weight is 266 g/mol. The molecule has 0 atom stereocenters. The second-order valence-corrected chi connectivity index (χ2v) is 5.27. The van der Waals surface area contributed by atoms with Gasteiger partial charge in [-0.05, 0) is 19.9 Å². The number of carboxylic acids is 1. The highest BCUT2D eigenvalue weighted by atomic mass is 32.1. The zero-order chi connectivity index (χ0) is 13.1. The van der Waals surface area contributed by atoms with Crippen molar-refractivity contribution in [2.45, 2.75) is 26.9 Å². The van der Waals surface area contributed by atoms with Gasteiger partial charge in [0.2, 0.25) is 5.76 Å². The molecule has 2 heterocycles. The summed E-state index contributed by atoms with van der Waals surface area (Å²) in [5.74, 6) is -0.416. The minimum atomic E-state index is -1.04. The first-order chi connectivity index (χ1) is 8.56. The molecule has 0 aliphatic heterocycles. The Kier molecular flexibility index (Phi) is 3.78. The summed E-state index contributed by atoms with van der Waals surface area (Å²) in [4.78, 5) is 16.1. The Bertz CT molecular complexity index is 559. The van der Waals surface area contributed by atoms with E-state index in [0.29, 0.717) is 12.3 Å². The first-order valence-corrected chi connectivity index (χ1v) is 6.32. The van der Waals surface area contributed by atoms with Crippen LogP contribution in [0.5, 0.6) is 0 Å². The lowest BCUT2D eigenvalue weighted by Crippen LogP contribution is -2.11. The van der Waals surface area contributed by atoms with Crippen molar-refractivity contribution in [3.05, 3.63) is 39.2 Å². The highest BCUT2D eigenvalue weighted by Gasteiger charge is 2.12. The fraction of sp³-hybridized carbons (Fsp3) is 0.333. The van der Waals surface area contributed by atoms with Crippen LogP contribution < -0.4 is 5.32 Å². The Morgan fingerprint density at radius 3 is 2.83 bits per heavy atom. The van der Waals surface area contributed by atoms with Crippen molar-refractivity contribution >= 4 is 17.3 Å². The van der Waals surface area contributed by atoms with E-state index in [-0.39, 0.29) is 5.76 Å². The summed E-state index contributed by atoms with van der Waals surface area (Å²) in [6.07, 6.45) is 1.85. The molecule has 0 aliphatic rings. The van der Waals surface area contributed by atoms with Gasteiger partial charge in [-0.3, -0.25) is 0 Å². The van der Waals surface area contributed by atoms with Gasteiger partial charge in [0.1, 0.15) is 5.76 Å². The Hall–Kier alpha value is -1.66. The number of aromatic carboxylic acids is 1. The lowest BCUT2D eigenvalue weighted by molar-refractivity contribution is 0.0661. The van der Waals surface area contributed by atoms with Crippen LogP contribution in [-0.2, 0) is 13.1 Å². The van der Waals surface area contributed by atoms with E-state index in [1.54, 1.807) is 24.3 Å². The first-order valence-electron chi connectivity index (χ1n) is 5.51. The van der Waals surface area contributed by atoms with Gasteiger partial charge in [0.25, 0.3) is 0 Å². The number of carbonyl (C=O) groups is 1. The number of rotatable bonds is 5. The van der Waals surface area contributed by atoms with Crippen LogP contribution in [0.4, 0.5) is 0 Å². The minimum absolute atomic E-state index is 0.0158. The van der Waals surface area contributed by atoms with Gasteiger partial charge >= 0.3 is 5.97 Å². The molecule has 2 N–H and O–H groups in total. The Morgan fingerprint density at radius 1 is 1.50 bits per heavy atom. The third kappa shape index (κ3) is 2.96. The molecular formula is C12H14N2O3S. The molecule has 18 heavy (non-hydrogen) atoms. The molecule has 0 fully saturated rings. The van der Waals surface area contributed by atoms with Gasteiger partial charge in [-0.1, -0.05) is 0 Å². The number of furan rings is 1. The predicted octanol–water partition coefficient (Wildman–Crippen LogP) is 2.34. The van der Waals surface area contributed by atoms with Crippen LogP contribution in [-0.4, -0.2) is 16.1 Å². The van der Waals surface area contributed by atoms with Crippen LogP contribution in [0.3, 0.4) is 0 Å². The molecular weight excluding hydrogens is 252 g/mol. The van der Waals surface area contributed by atoms with E-state index < -0.39 is 5.97 Å². The normalized spacial score (nSPS) is 10.8. The lowest BCUT2D eigenvalue weighted by atomic mass is 10.2. The number of hydrogen-bond donors (Lipinski definition) is 2. The minimum Gasteiger partial charge on any atom is -0.475 e. The Labute approximate surface area is 108 Å². The third-order valence-electron chi connectivity index (χ3n) is 2.52. The largest absolute Gasteiger partial charge is 0.475 e. The van der Waals surface area contributed by atoms with Crippen molar-refractivity contribution in [3.8, 4) is 0 Å². The zero-order valence-corrected chi connectivity index (χ0v) is 11.0. The fourth-order valence-corrected chi connectivity index (χ4v) is 2.37. The van der Waals surface area contributed by atoms with E-state index in [0.717, 1.165) is 22.0 Å². The van der Waals surface area contributed by atoms with Crippen molar-refractivity contribution in [2.75, 3.05) is 0 Å². The Morgan fingerprint density at radius 2 is 2.28 bits per heavy atom. The van der Waals surface area contributed by atoms with Crippen molar-refractivity contribution < 1.29 is 14.3 Å². The molecule has 0 amide bonds. The third-order valence-corrected chi connectivity index (χ3v) is 3.43. The molecule has 0 aliphatic carbocycles. The van der Waals surface area contributed by atoms with Crippen molar-refractivity contribution in [1.82, 2.24) is 10.3 Å². The van der Waals surface area contributed by atoms with E-state index in [2.05, 4.69) is 10.3 Å². The lowest BCUT2D eigenvalue weighted by Gasteiger charge is -2.00. The van der Waals surface area contributed by atoms with E-state index in [1.165, 1.54) is 0 Å². The van der Waals surface area contributed by atoms with Gasteiger partial charge in [0, 0.05) is 29.7 Å². The molecule has 6 heteroatoms. The summed E-state index contributed by atoms with van der Waals surface area (Å²) in [7, 11) is 0. The summed E-state index contributed by atoms with van der Waals surface area (Å²) in [5, 5.41) is 13.1. The number of aromatic nitrogens is 1. The molecule has 0 aromatic carbocycles. The van der Waals surface area contributed by atoms with E-state index in [9.17, 15) is 4.79 Å². The summed E-state index contributed by atoms with van der Waals surface area (Å²) in [6, 6.07) is 1.56. The number of hydrogen-bond acceptors (Lipinski definition) is 5. The number of nitrogens with zero attached hydrogens (tertiary/aromatic N) is 1. The number of aryl methyl sites for hydroxylation is 2. The molecule has 0 radical (unpaired) electrons. The Balaban J connectivity index is 1.92. The van der Waals surface area contributed by atoms with E-state index in [4.69, 9.17) is 9.52 Å². The number of carboxylic acid groups (broad SMARTS) is 1. The summed E-state index contributed by atoms with van der Waals surface area (Å²) < 4.78 is 5.13. The second-order valence-electron chi connectivity index (χ2n) is 3.95. The maximum Gasteiger partial charge on any atom is 0.371 e. The van der Waals surface area contributed by atoms with E-state index in [1.807, 2.05) is 13.1 Å². The van der Waals surface area contributed by atoms with Crippen molar-refractivity contribution in [3.63, 3.8) is 0 Å². The first kappa shape index (κ1) is 12.8. The van der Waals surface area contributed by atoms with Gasteiger partial charge in [-0.15, -0.1) is 11.3 Å². The summed E-state index contributed by atoms with van der Waals surface area (Å²) in [5.41, 5.74) is 0.869. The highest BCUT2D eigenvalue weighted by Crippen LogP contribution is 2.15. The van der Waals surface area contributed by atoms with Gasteiger partial charge in [-0.2, -0.15) is 0 Å². The van der Waals surface area contributed by atoms with E-state index >= 15 is 0 Å². The van der Waals surface area contributed by atoms with Gasteiger partial charge < -0.3 is 14.8 Å². The monoisotopic (exact) mass is 266 g/mol. The number of nitrogens with one attached hydrogen (secondary N) is 1. The van der Waals surface area contributed by atoms with Crippen LogP contribution in [0.1, 0.15) is 31.8 Å². The molecule has 2 aromatic heterocycles. The van der Waals surface area contributed by atoms with Gasteiger partial charge in [0.15, 0.2) is 0 Å². The number of thiazole rings is 1. The molecule has 0 saturated heterocycles. The summed E-state index contributed by atoms with van der Waals surface area (Å²) >= 11 is 1.65. The standard InChI is InChI=1S/C12H14N2O3S/c1-7-9(3-11(17-7)12(15)16)4-13-5-10-6-14-8(2)18-10/h3,6,13H,4-5H2,1-2H3,(H,15,16). The molecule has 96 valence electrons. The molecule has 0 spiro atoms. The van der Waals surface area contributed by atoms with Crippen molar-refractivity contribution in [2.24, 2.45) is 0 Å².